The smallest absolute Gasteiger partial charge is 0.406 e. The van der Waals surface area contributed by atoms with E-state index in [-0.39, 0.29) is 30.2 Å². The summed E-state index contributed by atoms with van der Waals surface area (Å²) in [5.41, 5.74) is 0.339. The lowest BCUT2D eigenvalue weighted by Crippen LogP contribution is -3.15. The third-order valence-electron chi connectivity index (χ3n) is 3.38. The van der Waals surface area contributed by atoms with E-state index >= 15 is 0 Å². The normalized spacial score (nSPS) is 13.9. The molecule has 0 spiro atoms. The molecule has 6 nitrogen and oxygen atoms in total. The SMILES string of the molecule is CC(C)NC(=O)C[NH+](C)[C@H](C)C(=O)Nc1ccc(OC(F)(F)F)cc1. The Morgan fingerprint density at radius 2 is 1.72 bits per heavy atom. The summed E-state index contributed by atoms with van der Waals surface area (Å²) in [5.74, 6) is -0.883. The number of alkyl halides is 3. The summed E-state index contributed by atoms with van der Waals surface area (Å²) in [5, 5.41) is 5.34. The number of nitrogens with one attached hydrogen (secondary N) is 3. The first kappa shape index (κ1) is 20.8. The van der Waals surface area contributed by atoms with Gasteiger partial charge >= 0.3 is 6.36 Å². The van der Waals surface area contributed by atoms with Crippen LogP contribution in [0.3, 0.4) is 0 Å². The molecule has 9 heteroatoms. The Labute approximate surface area is 144 Å². The minimum Gasteiger partial charge on any atom is -0.406 e. The van der Waals surface area contributed by atoms with Crippen LogP contribution in [0.15, 0.2) is 24.3 Å². The van der Waals surface area contributed by atoms with Crippen LogP contribution in [0.4, 0.5) is 18.9 Å². The van der Waals surface area contributed by atoms with E-state index in [1.54, 1.807) is 14.0 Å². The molecule has 1 aromatic carbocycles. The molecule has 2 atom stereocenters. The summed E-state index contributed by atoms with van der Waals surface area (Å²) < 4.78 is 40.1. The number of carbonyl (C=O) groups is 2. The zero-order valence-electron chi connectivity index (χ0n) is 14.5. The molecule has 0 aliphatic rings. The molecule has 3 N–H and O–H groups in total. The molecule has 0 saturated heterocycles. The van der Waals surface area contributed by atoms with Crippen LogP contribution in [0.2, 0.25) is 0 Å². The molecule has 0 radical (unpaired) electrons. The summed E-state index contributed by atoms with van der Waals surface area (Å²) in [6.07, 6.45) is -4.76. The van der Waals surface area contributed by atoms with Crippen LogP contribution >= 0.6 is 0 Å². The molecule has 0 heterocycles. The van der Waals surface area contributed by atoms with Gasteiger partial charge in [-0.25, -0.2) is 0 Å². The molecule has 0 aliphatic heterocycles. The van der Waals surface area contributed by atoms with Crippen molar-refractivity contribution in [3.8, 4) is 5.75 Å². The van der Waals surface area contributed by atoms with Crippen molar-refractivity contribution < 1.29 is 32.4 Å². The van der Waals surface area contributed by atoms with E-state index in [2.05, 4.69) is 15.4 Å². The summed E-state index contributed by atoms with van der Waals surface area (Å²) in [6, 6.07) is 4.34. The predicted molar refractivity (Wildman–Crippen MR) is 86.2 cm³/mol. The van der Waals surface area contributed by atoms with Gasteiger partial charge in [0.1, 0.15) is 5.75 Å². The predicted octanol–water partition coefficient (Wildman–Crippen LogP) is 0.951. The van der Waals surface area contributed by atoms with Crippen LogP contribution in [0, 0.1) is 0 Å². The Hall–Kier alpha value is -2.29. The second-order valence-corrected chi connectivity index (χ2v) is 6.03. The highest BCUT2D eigenvalue weighted by molar-refractivity contribution is 5.93. The molecule has 1 rings (SSSR count). The van der Waals surface area contributed by atoms with Gasteiger partial charge in [0, 0.05) is 11.7 Å². The van der Waals surface area contributed by atoms with Crippen molar-refractivity contribution in [3.05, 3.63) is 24.3 Å². The van der Waals surface area contributed by atoms with E-state index < -0.39 is 12.4 Å². The molecular weight excluding hydrogens is 339 g/mol. The topological polar surface area (TPSA) is 71.9 Å². The van der Waals surface area contributed by atoms with E-state index in [1.165, 1.54) is 12.1 Å². The lowest BCUT2D eigenvalue weighted by atomic mass is 10.2. The standard InChI is InChI=1S/C16H22F3N3O3/c1-10(2)20-14(23)9-22(4)11(3)15(24)21-12-5-7-13(8-6-12)25-16(17,18)19/h5-8,10-11H,9H2,1-4H3,(H,20,23)(H,21,24)/p+1/t11-/m1/s1. The lowest BCUT2D eigenvalue weighted by Gasteiger charge is -2.21. The number of rotatable bonds is 7. The molecule has 0 saturated carbocycles. The fourth-order valence-corrected chi connectivity index (χ4v) is 1.99. The number of amides is 2. The zero-order valence-corrected chi connectivity index (χ0v) is 14.5. The van der Waals surface area contributed by atoms with Crippen LogP contribution in [-0.2, 0) is 9.59 Å². The Morgan fingerprint density at radius 3 is 2.20 bits per heavy atom. The fourth-order valence-electron chi connectivity index (χ4n) is 1.99. The van der Waals surface area contributed by atoms with Crippen LogP contribution in [-0.4, -0.2) is 43.9 Å². The number of carbonyl (C=O) groups excluding carboxylic acids is 2. The van der Waals surface area contributed by atoms with Gasteiger partial charge in [-0.3, -0.25) is 9.59 Å². The van der Waals surface area contributed by atoms with Gasteiger partial charge < -0.3 is 20.3 Å². The number of ether oxygens (including phenoxy) is 1. The van der Waals surface area contributed by atoms with Crippen molar-refractivity contribution in [2.45, 2.75) is 39.2 Å². The largest absolute Gasteiger partial charge is 0.573 e. The van der Waals surface area contributed by atoms with Crippen molar-refractivity contribution in [1.29, 1.82) is 0 Å². The molecule has 0 aliphatic carbocycles. The third-order valence-corrected chi connectivity index (χ3v) is 3.38. The lowest BCUT2D eigenvalue weighted by molar-refractivity contribution is -0.885. The molecule has 1 aromatic rings. The van der Waals surface area contributed by atoms with Gasteiger partial charge in [0.25, 0.3) is 11.8 Å². The Kier molecular flexibility index (Phi) is 7.22. The molecule has 0 bridgehead atoms. The van der Waals surface area contributed by atoms with E-state index in [0.717, 1.165) is 12.1 Å². The quantitative estimate of drug-likeness (QED) is 0.676. The first-order valence-electron chi connectivity index (χ1n) is 7.76. The van der Waals surface area contributed by atoms with Gasteiger partial charge in [-0.15, -0.1) is 13.2 Å². The van der Waals surface area contributed by atoms with Crippen molar-refractivity contribution in [3.63, 3.8) is 0 Å². The summed E-state index contributed by atoms with van der Waals surface area (Å²) in [4.78, 5) is 24.6. The zero-order chi connectivity index (χ0) is 19.2. The van der Waals surface area contributed by atoms with Gasteiger partial charge in [-0.1, -0.05) is 0 Å². The number of benzene rings is 1. The van der Waals surface area contributed by atoms with Gasteiger partial charge in [0.05, 0.1) is 7.05 Å². The maximum atomic E-state index is 12.2. The first-order chi connectivity index (χ1) is 11.5. The molecule has 2 amide bonds. The number of anilines is 1. The van der Waals surface area contributed by atoms with Crippen LogP contribution < -0.4 is 20.3 Å². The Bertz CT molecular complexity index is 589. The highest BCUT2D eigenvalue weighted by Crippen LogP contribution is 2.23. The first-order valence-corrected chi connectivity index (χ1v) is 7.76. The molecule has 0 aromatic heterocycles. The number of hydrogen-bond acceptors (Lipinski definition) is 3. The van der Waals surface area contributed by atoms with Gasteiger partial charge in [0.15, 0.2) is 12.6 Å². The summed E-state index contributed by atoms with van der Waals surface area (Å²) >= 11 is 0. The number of halogens is 3. The van der Waals surface area contributed by atoms with Crippen molar-refractivity contribution in [1.82, 2.24) is 5.32 Å². The minimum atomic E-state index is -4.76. The molecule has 25 heavy (non-hydrogen) atoms. The molecular formula is C16H23F3N3O3+. The Balaban J connectivity index is 2.58. The third kappa shape index (κ3) is 7.88. The van der Waals surface area contributed by atoms with Crippen molar-refractivity contribution in [2.75, 3.05) is 18.9 Å². The van der Waals surface area contributed by atoms with Crippen LogP contribution in [0.5, 0.6) is 5.75 Å². The summed E-state index contributed by atoms with van der Waals surface area (Å²) in [7, 11) is 1.71. The van der Waals surface area contributed by atoms with E-state index in [0.29, 0.717) is 10.6 Å². The van der Waals surface area contributed by atoms with Crippen molar-refractivity contribution >= 4 is 17.5 Å². The molecule has 1 unspecified atom stereocenters. The maximum Gasteiger partial charge on any atom is 0.573 e. The van der Waals surface area contributed by atoms with Gasteiger partial charge in [-0.05, 0) is 45.0 Å². The maximum absolute atomic E-state index is 12.2. The fraction of sp³-hybridized carbons (Fsp3) is 0.500. The summed E-state index contributed by atoms with van der Waals surface area (Å²) in [6.45, 7) is 5.48. The van der Waals surface area contributed by atoms with E-state index in [9.17, 15) is 22.8 Å². The minimum absolute atomic E-state index is 0.0156. The van der Waals surface area contributed by atoms with Crippen molar-refractivity contribution in [2.24, 2.45) is 0 Å². The number of quaternary nitrogens is 1. The second kappa shape index (κ2) is 8.70. The monoisotopic (exact) mass is 362 g/mol. The second-order valence-electron chi connectivity index (χ2n) is 6.03. The average molecular weight is 362 g/mol. The number of likely N-dealkylation sites (N-methyl/N-ethyl adjacent to an activating group) is 1. The molecule has 0 fully saturated rings. The van der Waals surface area contributed by atoms with Gasteiger partial charge in [-0.2, -0.15) is 0 Å². The van der Waals surface area contributed by atoms with E-state index in [4.69, 9.17) is 0 Å². The van der Waals surface area contributed by atoms with E-state index in [1.807, 2.05) is 13.8 Å². The average Bonchev–Trinajstić information content (AvgIpc) is 2.45. The Morgan fingerprint density at radius 1 is 1.16 bits per heavy atom. The van der Waals surface area contributed by atoms with Crippen LogP contribution in [0.1, 0.15) is 20.8 Å². The highest BCUT2D eigenvalue weighted by Gasteiger charge is 2.31. The van der Waals surface area contributed by atoms with Gasteiger partial charge in [0.2, 0.25) is 0 Å². The molecule has 140 valence electrons. The highest BCUT2D eigenvalue weighted by atomic mass is 19.4. The van der Waals surface area contributed by atoms with Crippen LogP contribution in [0.25, 0.3) is 0 Å². The number of hydrogen-bond donors (Lipinski definition) is 3.